The van der Waals surface area contributed by atoms with E-state index in [1.54, 1.807) is 12.1 Å². The summed E-state index contributed by atoms with van der Waals surface area (Å²) in [4.78, 5) is 25.9. The Bertz CT molecular complexity index is 610. The van der Waals surface area contributed by atoms with Crippen molar-refractivity contribution in [1.29, 1.82) is 0 Å². The second-order valence-electron chi connectivity index (χ2n) is 7.63. The maximum Gasteiger partial charge on any atom is 0.248 e. The van der Waals surface area contributed by atoms with E-state index in [0.29, 0.717) is 30.1 Å². The lowest BCUT2D eigenvalue weighted by molar-refractivity contribution is -0.123. The molecule has 3 N–H and O–H groups in total. The average molecular weight is 343 g/mol. The second kappa shape index (κ2) is 8.00. The summed E-state index contributed by atoms with van der Waals surface area (Å²) in [6.45, 7) is 3.42. The normalized spacial score (nSPS) is 23.4. The average Bonchev–Trinajstić information content (AvgIpc) is 3.42. The Labute approximate surface area is 150 Å². The highest BCUT2D eigenvalue weighted by atomic mass is 16.2. The van der Waals surface area contributed by atoms with Crippen molar-refractivity contribution in [2.24, 2.45) is 11.7 Å². The van der Waals surface area contributed by atoms with Crippen LogP contribution in [0.4, 0.5) is 0 Å². The Morgan fingerprint density at radius 1 is 1.12 bits per heavy atom. The highest BCUT2D eigenvalue weighted by Gasteiger charge is 2.31. The second-order valence-corrected chi connectivity index (χ2v) is 7.63. The molecule has 2 aliphatic rings. The summed E-state index contributed by atoms with van der Waals surface area (Å²) >= 11 is 0. The Kier molecular flexibility index (Phi) is 5.74. The Morgan fingerprint density at radius 2 is 1.80 bits per heavy atom. The molecule has 0 saturated heterocycles. The summed E-state index contributed by atoms with van der Waals surface area (Å²) in [5.74, 6) is 0.305. The van der Waals surface area contributed by atoms with Gasteiger partial charge in [0.05, 0.1) is 6.54 Å². The highest BCUT2D eigenvalue weighted by Crippen LogP contribution is 2.28. The molecule has 0 unspecified atom stereocenters. The minimum atomic E-state index is -0.411. The maximum atomic E-state index is 12.5. The number of hydrogen-bond donors (Lipinski definition) is 2. The van der Waals surface area contributed by atoms with E-state index in [1.165, 1.54) is 19.3 Å². The van der Waals surface area contributed by atoms with Gasteiger partial charge in [-0.2, -0.15) is 0 Å². The van der Waals surface area contributed by atoms with Crippen molar-refractivity contribution in [2.45, 2.75) is 64.1 Å². The molecule has 3 rings (SSSR count). The number of nitrogens with two attached hydrogens (primary N) is 1. The molecule has 0 bridgehead atoms. The molecule has 2 amide bonds. The number of carbonyl (C=O) groups is 2. The van der Waals surface area contributed by atoms with Crippen molar-refractivity contribution in [2.75, 3.05) is 6.54 Å². The topological polar surface area (TPSA) is 75.4 Å². The predicted octanol–water partition coefficient (Wildman–Crippen LogP) is 2.44. The first-order valence-corrected chi connectivity index (χ1v) is 9.45. The van der Waals surface area contributed by atoms with E-state index in [0.717, 1.165) is 31.4 Å². The van der Waals surface area contributed by atoms with Crippen LogP contribution in [0.5, 0.6) is 0 Å². The van der Waals surface area contributed by atoms with Crippen LogP contribution in [0.2, 0.25) is 0 Å². The van der Waals surface area contributed by atoms with Gasteiger partial charge in [0.15, 0.2) is 0 Å². The first kappa shape index (κ1) is 17.9. The molecule has 2 saturated carbocycles. The van der Waals surface area contributed by atoms with Crippen LogP contribution in [-0.2, 0) is 11.3 Å². The van der Waals surface area contributed by atoms with Gasteiger partial charge in [0.2, 0.25) is 11.8 Å². The molecule has 2 aliphatic carbocycles. The van der Waals surface area contributed by atoms with Crippen LogP contribution >= 0.6 is 0 Å². The molecule has 5 nitrogen and oxygen atoms in total. The van der Waals surface area contributed by atoms with Gasteiger partial charge in [0.1, 0.15) is 0 Å². The van der Waals surface area contributed by atoms with Gasteiger partial charge >= 0.3 is 0 Å². The van der Waals surface area contributed by atoms with Gasteiger partial charge in [0, 0.05) is 24.2 Å². The lowest BCUT2D eigenvalue weighted by atomic mass is 9.86. The van der Waals surface area contributed by atoms with E-state index in [1.807, 2.05) is 12.1 Å². The summed E-state index contributed by atoms with van der Waals surface area (Å²) in [6.07, 6.45) is 7.13. The number of carbonyl (C=O) groups excluding carboxylic acids is 2. The number of hydrogen-bond acceptors (Lipinski definition) is 3. The summed E-state index contributed by atoms with van der Waals surface area (Å²) < 4.78 is 0. The van der Waals surface area contributed by atoms with Gasteiger partial charge in [-0.3, -0.25) is 14.5 Å². The van der Waals surface area contributed by atoms with Crippen LogP contribution in [0.25, 0.3) is 0 Å². The van der Waals surface area contributed by atoms with Crippen LogP contribution in [0.3, 0.4) is 0 Å². The maximum absolute atomic E-state index is 12.5. The summed E-state index contributed by atoms with van der Waals surface area (Å²) in [6, 6.07) is 8.20. The molecular weight excluding hydrogens is 314 g/mol. The van der Waals surface area contributed by atoms with Gasteiger partial charge in [-0.15, -0.1) is 0 Å². The van der Waals surface area contributed by atoms with Crippen LogP contribution in [0, 0.1) is 5.92 Å². The Hall–Kier alpha value is -1.88. The molecule has 0 spiro atoms. The number of primary amides is 1. The largest absolute Gasteiger partial charge is 0.366 e. The predicted molar refractivity (Wildman–Crippen MR) is 98.0 cm³/mol. The standard InChI is InChI=1S/C20H29N3O2/c1-14-4-2-3-5-18(14)22-19(24)13-23(17-10-11-17)12-15-6-8-16(9-7-15)20(21)25/h6-9,14,17-18H,2-5,10-13H2,1H3,(H2,21,25)(H,22,24)/t14-,18+/m0/s1. The Balaban J connectivity index is 1.55. The number of rotatable bonds is 7. The molecule has 25 heavy (non-hydrogen) atoms. The molecule has 0 radical (unpaired) electrons. The van der Waals surface area contributed by atoms with E-state index >= 15 is 0 Å². The quantitative estimate of drug-likeness (QED) is 0.798. The van der Waals surface area contributed by atoms with Gasteiger partial charge < -0.3 is 11.1 Å². The zero-order chi connectivity index (χ0) is 17.8. The number of nitrogens with zero attached hydrogens (tertiary/aromatic N) is 1. The molecule has 0 heterocycles. The first-order valence-electron chi connectivity index (χ1n) is 9.45. The summed E-state index contributed by atoms with van der Waals surface area (Å²) in [5.41, 5.74) is 6.91. The third kappa shape index (κ3) is 5.05. The third-order valence-corrected chi connectivity index (χ3v) is 5.49. The number of benzene rings is 1. The fraction of sp³-hybridized carbons (Fsp3) is 0.600. The molecule has 2 atom stereocenters. The van der Waals surface area contributed by atoms with Gasteiger partial charge in [-0.05, 0) is 49.3 Å². The van der Waals surface area contributed by atoms with Crippen molar-refractivity contribution in [3.63, 3.8) is 0 Å². The SMILES string of the molecule is C[C@H]1CCCC[C@H]1NC(=O)CN(Cc1ccc(C(N)=O)cc1)C1CC1. The molecule has 136 valence electrons. The van der Waals surface area contributed by atoms with Gasteiger partial charge in [0.25, 0.3) is 0 Å². The molecule has 5 heteroatoms. The van der Waals surface area contributed by atoms with Gasteiger partial charge in [-0.25, -0.2) is 0 Å². The minimum Gasteiger partial charge on any atom is -0.366 e. The molecule has 0 aliphatic heterocycles. The third-order valence-electron chi connectivity index (χ3n) is 5.49. The summed E-state index contributed by atoms with van der Waals surface area (Å²) in [7, 11) is 0. The smallest absolute Gasteiger partial charge is 0.248 e. The summed E-state index contributed by atoms with van der Waals surface area (Å²) in [5, 5.41) is 3.25. The fourth-order valence-corrected chi connectivity index (χ4v) is 3.73. The van der Waals surface area contributed by atoms with E-state index in [4.69, 9.17) is 5.73 Å². The van der Waals surface area contributed by atoms with Crippen LogP contribution in [0.15, 0.2) is 24.3 Å². The number of nitrogens with one attached hydrogen (secondary N) is 1. The van der Waals surface area contributed by atoms with Gasteiger partial charge in [-0.1, -0.05) is 31.9 Å². The highest BCUT2D eigenvalue weighted by molar-refractivity contribution is 5.92. The van der Waals surface area contributed by atoms with Crippen LogP contribution in [-0.4, -0.2) is 35.3 Å². The van der Waals surface area contributed by atoms with Crippen molar-refractivity contribution in [3.8, 4) is 0 Å². The van der Waals surface area contributed by atoms with Crippen molar-refractivity contribution in [1.82, 2.24) is 10.2 Å². The van der Waals surface area contributed by atoms with E-state index in [2.05, 4.69) is 17.1 Å². The molecule has 1 aromatic rings. The fourth-order valence-electron chi connectivity index (χ4n) is 3.73. The first-order chi connectivity index (χ1) is 12.0. The Morgan fingerprint density at radius 3 is 2.40 bits per heavy atom. The molecular formula is C20H29N3O2. The number of amides is 2. The lowest BCUT2D eigenvalue weighted by Gasteiger charge is -2.30. The van der Waals surface area contributed by atoms with Crippen molar-refractivity contribution < 1.29 is 9.59 Å². The zero-order valence-electron chi connectivity index (χ0n) is 15.0. The van der Waals surface area contributed by atoms with E-state index in [-0.39, 0.29) is 5.91 Å². The molecule has 2 fully saturated rings. The van der Waals surface area contributed by atoms with E-state index in [9.17, 15) is 9.59 Å². The van der Waals surface area contributed by atoms with Crippen LogP contribution in [0.1, 0.15) is 61.4 Å². The lowest BCUT2D eigenvalue weighted by Crippen LogP contribution is -2.46. The monoisotopic (exact) mass is 343 g/mol. The zero-order valence-corrected chi connectivity index (χ0v) is 15.0. The van der Waals surface area contributed by atoms with Crippen molar-refractivity contribution in [3.05, 3.63) is 35.4 Å². The minimum absolute atomic E-state index is 0.138. The van der Waals surface area contributed by atoms with E-state index < -0.39 is 5.91 Å². The van der Waals surface area contributed by atoms with Crippen LogP contribution < -0.4 is 11.1 Å². The molecule has 0 aromatic heterocycles. The molecule has 1 aromatic carbocycles. The van der Waals surface area contributed by atoms with Crippen molar-refractivity contribution >= 4 is 11.8 Å².